The van der Waals surface area contributed by atoms with Crippen LogP contribution in [0.3, 0.4) is 0 Å². The van der Waals surface area contributed by atoms with Gasteiger partial charge in [-0.15, -0.1) is 0 Å². The zero-order chi connectivity index (χ0) is 15.7. The predicted molar refractivity (Wildman–Crippen MR) is 91.8 cm³/mol. The molecule has 116 valence electrons. The smallest absolute Gasteiger partial charge is 0.222 e. The summed E-state index contributed by atoms with van der Waals surface area (Å²) in [6, 6.07) is 2.38. The zero-order valence-electron chi connectivity index (χ0n) is 13.5. The number of pyridine rings is 1. The van der Waals surface area contributed by atoms with Gasteiger partial charge in [0.2, 0.25) is 5.95 Å². The number of hydrogen-bond donors (Lipinski definition) is 1. The molecule has 5 heteroatoms. The first-order chi connectivity index (χ1) is 10.7. The first-order valence-corrected chi connectivity index (χ1v) is 8.12. The van der Waals surface area contributed by atoms with Crippen molar-refractivity contribution in [3.8, 4) is 0 Å². The molecule has 1 saturated heterocycles. The molecule has 2 aromatic heterocycles. The van der Waals surface area contributed by atoms with E-state index >= 15 is 0 Å². The standard InChI is InChI=1S/C15H17N5.C2H6/c1-9-8-12-13-11(17-9)6-5-10-4-2-3-7-20(10)14(13)19-15(16)18-12;1-2/h5-6,8,10H,2-4,7H2,1H3,(H2,16,18,19);1-2H3/t10-;/m0./s1. The highest BCUT2D eigenvalue weighted by Crippen LogP contribution is 2.35. The third-order valence-electron chi connectivity index (χ3n) is 4.13. The van der Waals surface area contributed by atoms with Gasteiger partial charge >= 0.3 is 0 Å². The van der Waals surface area contributed by atoms with Crippen molar-refractivity contribution in [1.82, 2.24) is 15.0 Å². The Morgan fingerprint density at radius 2 is 2.00 bits per heavy atom. The second-order valence-electron chi connectivity index (χ2n) is 5.56. The highest BCUT2D eigenvalue weighted by atomic mass is 15.2. The summed E-state index contributed by atoms with van der Waals surface area (Å²) in [6.07, 6.45) is 7.99. The molecule has 5 nitrogen and oxygen atoms in total. The second-order valence-corrected chi connectivity index (χ2v) is 5.56. The molecule has 1 fully saturated rings. The lowest BCUT2D eigenvalue weighted by Crippen LogP contribution is -2.38. The number of aryl methyl sites for hydroxylation is 1. The van der Waals surface area contributed by atoms with Gasteiger partial charge in [0.25, 0.3) is 0 Å². The fourth-order valence-electron chi connectivity index (χ4n) is 3.26. The van der Waals surface area contributed by atoms with Crippen LogP contribution in [0.2, 0.25) is 0 Å². The van der Waals surface area contributed by atoms with Gasteiger partial charge in [0.1, 0.15) is 5.82 Å². The number of aromatic nitrogens is 3. The average molecular weight is 297 g/mol. The van der Waals surface area contributed by atoms with Crippen molar-refractivity contribution in [2.45, 2.75) is 46.1 Å². The maximum absolute atomic E-state index is 5.91. The van der Waals surface area contributed by atoms with Gasteiger partial charge in [-0.2, -0.15) is 4.98 Å². The van der Waals surface area contributed by atoms with Crippen LogP contribution >= 0.6 is 0 Å². The van der Waals surface area contributed by atoms with Crippen LogP contribution in [-0.2, 0) is 0 Å². The molecule has 2 aliphatic rings. The SMILES string of the molecule is CC.Cc1cc2nc(N)nc3c2c(n1)C=C[C@@H]1CCCCN31. The van der Waals surface area contributed by atoms with Gasteiger partial charge in [-0.3, -0.25) is 4.98 Å². The Morgan fingerprint density at radius 3 is 2.82 bits per heavy atom. The molecule has 0 spiro atoms. The largest absolute Gasteiger partial charge is 0.368 e. The Bertz CT molecular complexity index is 717. The Kier molecular flexibility index (Phi) is 3.96. The van der Waals surface area contributed by atoms with Crippen molar-refractivity contribution in [1.29, 1.82) is 0 Å². The van der Waals surface area contributed by atoms with E-state index in [2.05, 4.69) is 32.0 Å². The minimum Gasteiger partial charge on any atom is -0.368 e. The van der Waals surface area contributed by atoms with Crippen molar-refractivity contribution in [3.63, 3.8) is 0 Å². The van der Waals surface area contributed by atoms with Gasteiger partial charge in [-0.1, -0.05) is 19.9 Å². The molecule has 0 aliphatic carbocycles. The fraction of sp³-hybridized carbons (Fsp3) is 0.471. The molecule has 4 heterocycles. The van der Waals surface area contributed by atoms with Crippen LogP contribution in [0.4, 0.5) is 11.8 Å². The summed E-state index contributed by atoms with van der Waals surface area (Å²) in [4.78, 5) is 15.9. The number of rotatable bonds is 0. The number of piperidine rings is 1. The predicted octanol–water partition coefficient (Wildman–Crippen LogP) is 3.33. The van der Waals surface area contributed by atoms with Gasteiger partial charge < -0.3 is 10.6 Å². The first-order valence-electron chi connectivity index (χ1n) is 8.12. The molecule has 4 rings (SSSR count). The van der Waals surface area contributed by atoms with E-state index in [1.54, 1.807) is 0 Å². The maximum Gasteiger partial charge on any atom is 0.222 e. The zero-order valence-corrected chi connectivity index (χ0v) is 13.5. The van der Waals surface area contributed by atoms with Gasteiger partial charge in [0.15, 0.2) is 0 Å². The molecule has 0 radical (unpaired) electrons. The van der Waals surface area contributed by atoms with E-state index in [0.29, 0.717) is 12.0 Å². The summed E-state index contributed by atoms with van der Waals surface area (Å²) in [5.41, 5.74) is 8.72. The second kappa shape index (κ2) is 5.91. The molecule has 22 heavy (non-hydrogen) atoms. The van der Waals surface area contributed by atoms with Gasteiger partial charge in [0, 0.05) is 18.3 Å². The third kappa shape index (κ3) is 2.40. The Labute approximate surface area is 131 Å². The molecule has 2 N–H and O–H groups in total. The Morgan fingerprint density at radius 1 is 1.18 bits per heavy atom. The number of nitrogen functional groups attached to an aromatic ring is 1. The van der Waals surface area contributed by atoms with E-state index in [1.165, 1.54) is 12.8 Å². The normalized spacial score (nSPS) is 19.2. The lowest BCUT2D eigenvalue weighted by atomic mass is 10.0. The Balaban J connectivity index is 0.000000693. The number of nitrogens with zero attached hydrogens (tertiary/aromatic N) is 4. The lowest BCUT2D eigenvalue weighted by Gasteiger charge is -2.34. The van der Waals surface area contributed by atoms with Crippen LogP contribution in [0.1, 0.15) is 44.5 Å². The summed E-state index contributed by atoms with van der Waals surface area (Å²) < 4.78 is 0. The summed E-state index contributed by atoms with van der Waals surface area (Å²) in [7, 11) is 0. The summed E-state index contributed by atoms with van der Waals surface area (Å²) in [5.74, 6) is 1.29. The molecule has 0 amide bonds. The molecule has 2 aliphatic heterocycles. The van der Waals surface area contributed by atoms with Crippen molar-refractivity contribution in [2.24, 2.45) is 0 Å². The van der Waals surface area contributed by atoms with Crippen molar-refractivity contribution in [2.75, 3.05) is 17.2 Å². The molecule has 0 bridgehead atoms. The van der Waals surface area contributed by atoms with E-state index in [-0.39, 0.29) is 0 Å². The molecule has 0 unspecified atom stereocenters. The molecule has 0 aromatic carbocycles. The monoisotopic (exact) mass is 297 g/mol. The van der Waals surface area contributed by atoms with E-state index in [4.69, 9.17) is 5.73 Å². The number of anilines is 2. The molecule has 0 saturated carbocycles. The van der Waals surface area contributed by atoms with E-state index in [0.717, 1.165) is 41.1 Å². The minimum absolute atomic E-state index is 0.343. The number of hydrogen-bond acceptors (Lipinski definition) is 5. The van der Waals surface area contributed by atoms with E-state index < -0.39 is 0 Å². The molecular weight excluding hydrogens is 274 g/mol. The molecule has 1 atom stereocenters. The summed E-state index contributed by atoms with van der Waals surface area (Å²) in [5, 5.41) is 1.03. The van der Waals surface area contributed by atoms with E-state index in [1.807, 2.05) is 26.8 Å². The molecular formula is C17H23N5. The van der Waals surface area contributed by atoms with Crippen LogP contribution in [-0.4, -0.2) is 27.5 Å². The van der Waals surface area contributed by atoms with Crippen molar-refractivity contribution >= 4 is 28.7 Å². The number of fused-ring (bicyclic) bond motifs is 2. The van der Waals surface area contributed by atoms with Crippen LogP contribution in [0.15, 0.2) is 12.1 Å². The molecule has 2 aromatic rings. The maximum atomic E-state index is 5.91. The van der Waals surface area contributed by atoms with Gasteiger partial charge in [-0.25, -0.2) is 4.98 Å². The summed E-state index contributed by atoms with van der Waals surface area (Å²) >= 11 is 0. The topological polar surface area (TPSA) is 67.9 Å². The fourth-order valence-corrected chi connectivity index (χ4v) is 3.26. The minimum atomic E-state index is 0.343. The third-order valence-corrected chi connectivity index (χ3v) is 4.13. The van der Waals surface area contributed by atoms with E-state index in [9.17, 15) is 0 Å². The quantitative estimate of drug-likeness (QED) is 0.808. The van der Waals surface area contributed by atoms with Crippen LogP contribution < -0.4 is 10.6 Å². The Hall–Kier alpha value is -2.17. The van der Waals surface area contributed by atoms with Crippen molar-refractivity contribution < 1.29 is 0 Å². The number of nitrogens with two attached hydrogens (primary N) is 1. The lowest BCUT2D eigenvalue weighted by molar-refractivity contribution is 0.513. The highest BCUT2D eigenvalue weighted by Gasteiger charge is 2.27. The summed E-state index contributed by atoms with van der Waals surface area (Å²) in [6.45, 7) is 7.01. The average Bonchev–Trinajstić information content (AvgIpc) is 2.68. The first kappa shape index (κ1) is 14.8. The van der Waals surface area contributed by atoms with Gasteiger partial charge in [0.05, 0.1) is 16.6 Å². The van der Waals surface area contributed by atoms with Gasteiger partial charge in [-0.05, 0) is 38.3 Å². The highest BCUT2D eigenvalue weighted by molar-refractivity contribution is 5.97. The van der Waals surface area contributed by atoms with Crippen LogP contribution in [0.25, 0.3) is 17.0 Å². The van der Waals surface area contributed by atoms with Crippen LogP contribution in [0.5, 0.6) is 0 Å². The van der Waals surface area contributed by atoms with Crippen LogP contribution in [0, 0.1) is 6.92 Å². The van der Waals surface area contributed by atoms with Crippen molar-refractivity contribution in [3.05, 3.63) is 23.5 Å².